The van der Waals surface area contributed by atoms with Crippen molar-refractivity contribution in [2.24, 2.45) is 0 Å². The molecule has 1 aromatic heterocycles. The number of rotatable bonds is 4. The second-order valence-electron chi connectivity index (χ2n) is 4.72. The third-order valence-corrected chi connectivity index (χ3v) is 3.01. The number of aryl methyl sites for hydroxylation is 2. The van der Waals surface area contributed by atoms with Gasteiger partial charge in [0.1, 0.15) is 11.5 Å². The summed E-state index contributed by atoms with van der Waals surface area (Å²) in [7, 11) is 0. The monoisotopic (exact) mass is 286 g/mol. The van der Waals surface area contributed by atoms with Gasteiger partial charge in [-0.25, -0.2) is 0 Å². The van der Waals surface area contributed by atoms with Crippen LogP contribution in [-0.4, -0.2) is 18.4 Å². The van der Waals surface area contributed by atoms with Gasteiger partial charge < -0.3 is 15.1 Å². The van der Waals surface area contributed by atoms with Gasteiger partial charge in [-0.05, 0) is 45.0 Å². The van der Waals surface area contributed by atoms with Gasteiger partial charge in [-0.1, -0.05) is 6.07 Å². The van der Waals surface area contributed by atoms with Gasteiger partial charge in [-0.3, -0.25) is 9.59 Å². The Morgan fingerprint density at radius 1 is 1.14 bits per heavy atom. The Kier molecular flexibility index (Phi) is 4.42. The van der Waals surface area contributed by atoms with E-state index in [1.165, 1.54) is 0 Å². The van der Waals surface area contributed by atoms with Crippen molar-refractivity contribution >= 4 is 17.5 Å². The second kappa shape index (κ2) is 6.26. The van der Waals surface area contributed by atoms with Gasteiger partial charge in [0, 0.05) is 17.8 Å². The van der Waals surface area contributed by atoms with Crippen molar-refractivity contribution in [3.8, 4) is 0 Å². The fraction of sp³-hybridized carbons (Fsp3) is 0.250. The molecule has 0 aliphatic carbocycles. The lowest BCUT2D eigenvalue weighted by Crippen LogP contribution is -2.22. The quantitative estimate of drug-likeness (QED) is 0.907. The molecule has 1 heterocycles. The smallest absolute Gasteiger partial charge is 0.259 e. The number of carbonyl (C=O) groups excluding carboxylic acids is 2. The van der Waals surface area contributed by atoms with E-state index in [4.69, 9.17) is 4.42 Å². The molecule has 0 saturated carbocycles. The summed E-state index contributed by atoms with van der Waals surface area (Å²) >= 11 is 0. The summed E-state index contributed by atoms with van der Waals surface area (Å²) in [4.78, 5) is 24.0. The molecular formula is C16H18N2O3. The molecule has 0 atom stereocenters. The molecule has 0 fully saturated rings. The van der Waals surface area contributed by atoms with Gasteiger partial charge in [0.25, 0.3) is 11.8 Å². The van der Waals surface area contributed by atoms with Crippen LogP contribution in [0.4, 0.5) is 5.69 Å². The first-order chi connectivity index (χ1) is 10.0. The van der Waals surface area contributed by atoms with Crippen LogP contribution in [-0.2, 0) is 0 Å². The van der Waals surface area contributed by atoms with E-state index in [0.29, 0.717) is 34.9 Å². The minimum Gasteiger partial charge on any atom is -0.466 e. The summed E-state index contributed by atoms with van der Waals surface area (Å²) in [5, 5.41) is 5.49. The molecule has 0 aliphatic heterocycles. The predicted octanol–water partition coefficient (Wildman–Crippen LogP) is 2.90. The van der Waals surface area contributed by atoms with Crippen LogP contribution in [0, 0.1) is 13.8 Å². The lowest BCUT2D eigenvalue weighted by Gasteiger charge is -2.07. The fourth-order valence-electron chi connectivity index (χ4n) is 2.06. The van der Waals surface area contributed by atoms with Crippen molar-refractivity contribution in [1.82, 2.24) is 5.32 Å². The molecule has 0 aliphatic rings. The molecule has 0 radical (unpaired) electrons. The molecule has 1 aromatic carbocycles. The lowest BCUT2D eigenvalue weighted by atomic mass is 10.1. The first kappa shape index (κ1) is 14.8. The van der Waals surface area contributed by atoms with Crippen molar-refractivity contribution in [2.75, 3.05) is 11.9 Å². The van der Waals surface area contributed by atoms with Gasteiger partial charge in [-0.2, -0.15) is 0 Å². The summed E-state index contributed by atoms with van der Waals surface area (Å²) in [6.45, 7) is 5.95. The molecule has 2 N–H and O–H groups in total. The number of hydrogen-bond donors (Lipinski definition) is 2. The topological polar surface area (TPSA) is 71.3 Å². The zero-order valence-corrected chi connectivity index (χ0v) is 12.3. The first-order valence-corrected chi connectivity index (χ1v) is 6.78. The van der Waals surface area contributed by atoms with E-state index in [1.807, 2.05) is 6.92 Å². The van der Waals surface area contributed by atoms with E-state index in [9.17, 15) is 9.59 Å². The van der Waals surface area contributed by atoms with Crippen molar-refractivity contribution in [2.45, 2.75) is 20.8 Å². The highest BCUT2D eigenvalue weighted by Gasteiger charge is 2.14. The Balaban J connectivity index is 2.16. The normalized spacial score (nSPS) is 10.2. The molecule has 0 bridgehead atoms. The molecule has 2 aromatic rings. The Hall–Kier alpha value is -2.56. The number of furan rings is 1. The summed E-state index contributed by atoms with van der Waals surface area (Å²) in [5.74, 6) is 0.847. The highest BCUT2D eigenvalue weighted by atomic mass is 16.3. The number of hydrogen-bond acceptors (Lipinski definition) is 3. The number of amides is 2. The highest BCUT2D eigenvalue weighted by molar-refractivity contribution is 6.05. The zero-order chi connectivity index (χ0) is 15.4. The molecular weight excluding hydrogens is 268 g/mol. The minimum absolute atomic E-state index is 0.163. The van der Waals surface area contributed by atoms with Crippen LogP contribution in [0.5, 0.6) is 0 Å². The van der Waals surface area contributed by atoms with E-state index >= 15 is 0 Å². The Labute approximate surface area is 123 Å². The van der Waals surface area contributed by atoms with E-state index < -0.39 is 0 Å². The molecule has 21 heavy (non-hydrogen) atoms. The van der Waals surface area contributed by atoms with Gasteiger partial charge in [-0.15, -0.1) is 0 Å². The van der Waals surface area contributed by atoms with Crippen LogP contribution >= 0.6 is 0 Å². The Bertz CT molecular complexity index is 674. The predicted molar refractivity (Wildman–Crippen MR) is 80.6 cm³/mol. The third kappa shape index (κ3) is 3.51. The molecule has 2 amide bonds. The SMILES string of the molecule is CCNC(=O)c1cccc(NC(=O)c2cc(C)oc2C)c1. The maximum atomic E-state index is 12.2. The Morgan fingerprint density at radius 2 is 1.90 bits per heavy atom. The van der Waals surface area contributed by atoms with Crippen LogP contribution in [0.2, 0.25) is 0 Å². The van der Waals surface area contributed by atoms with E-state index in [-0.39, 0.29) is 11.8 Å². The van der Waals surface area contributed by atoms with Crippen molar-refractivity contribution in [1.29, 1.82) is 0 Å². The molecule has 0 spiro atoms. The molecule has 110 valence electrons. The second-order valence-corrected chi connectivity index (χ2v) is 4.72. The van der Waals surface area contributed by atoms with Crippen LogP contribution in [0.1, 0.15) is 39.2 Å². The number of carbonyl (C=O) groups is 2. The fourth-order valence-corrected chi connectivity index (χ4v) is 2.06. The van der Waals surface area contributed by atoms with Gasteiger partial charge in [0.15, 0.2) is 0 Å². The zero-order valence-electron chi connectivity index (χ0n) is 12.3. The molecule has 0 saturated heterocycles. The van der Waals surface area contributed by atoms with Gasteiger partial charge in [0.2, 0.25) is 0 Å². The first-order valence-electron chi connectivity index (χ1n) is 6.78. The highest BCUT2D eigenvalue weighted by Crippen LogP contribution is 2.17. The number of anilines is 1. The van der Waals surface area contributed by atoms with Crippen LogP contribution < -0.4 is 10.6 Å². The largest absolute Gasteiger partial charge is 0.466 e. The van der Waals surface area contributed by atoms with E-state index in [1.54, 1.807) is 44.2 Å². The van der Waals surface area contributed by atoms with Gasteiger partial charge in [0.05, 0.1) is 5.56 Å². The van der Waals surface area contributed by atoms with Crippen LogP contribution in [0.25, 0.3) is 0 Å². The molecule has 2 rings (SSSR count). The summed E-state index contributed by atoms with van der Waals surface area (Å²) in [5.41, 5.74) is 1.58. The van der Waals surface area contributed by atoms with Crippen molar-refractivity contribution < 1.29 is 14.0 Å². The molecule has 5 heteroatoms. The minimum atomic E-state index is -0.252. The van der Waals surface area contributed by atoms with Crippen molar-refractivity contribution in [3.63, 3.8) is 0 Å². The average Bonchev–Trinajstić information content (AvgIpc) is 2.78. The summed E-state index contributed by atoms with van der Waals surface area (Å²) in [6, 6.07) is 8.51. The summed E-state index contributed by atoms with van der Waals surface area (Å²) < 4.78 is 5.34. The van der Waals surface area contributed by atoms with E-state index in [0.717, 1.165) is 0 Å². The number of nitrogens with one attached hydrogen (secondary N) is 2. The third-order valence-electron chi connectivity index (χ3n) is 3.01. The van der Waals surface area contributed by atoms with Crippen LogP contribution in [0.3, 0.4) is 0 Å². The number of benzene rings is 1. The van der Waals surface area contributed by atoms with E-state index in [2.05, 4.69) is 10.6 Å². The maximum absolute atomic E-state index is 12.2. The average molecular weight is 286 g/mol. The summed E-state index contributed by atoms with van der Waals surface area (Å²) in [6.07, 6.45) is 0. The Morgan fingerprint density at radius 3 is 2.52 bits per heavy atom. The maximum Gasteiger partial charge on any atom is 0.259 e. The van der Waals surface area contributed by atoms with Crippen LogP contribution in [0.15, 0.2) is 34.7 Å². The molecule has 5 nitrogen and oxygen atoms in total. The van der Waals surface area contributed by atoms with Crippen molar-refractivity contribution in [3.05, 3.63) is 53.0 Å². The standard InChI is InChI=1S/C16H18N2O3/c1-4-17-15(19)12-6-5-7-13(9-12)18-16(20)14-8-10(2)21-11(14)3/h5-9H,4H2,1-3H3,(H,17,19)(H,18,20). The lowest BCUT2D eigenvalue weighted by molar-refractivity contribution is 0.0954. The molecule has 0 unspecified atom stereocenters. The van der Waals surface area contributed by atoms with Gasteiger partial charge >= 0.3 is 0 Å².